The Kier molecular flexibility index (Phi) is 7.18. The molecule has 150 valence electrons. The Labute approximate surface area is 191 Å². The molecule has 1 heterocycles. The molecule has 0 atom stereocenters. The number of aromatic nitrogens is 2. The Hall–Kier alpha value is -2.77. The molecule has 3 aromatic carbocycles. The molecule has 0 saturated carbocycles. The number of hydrogen-bond acceptors (Lipinski definition) is 2. The van der Waals surface area contributed by atoms with E-state index in [4.69, 9.17) is 28.5 Å². The highest BCUT2D eigenvalue weighted by atomic mass is 35.5. The summed E-state index contributed by atoms with van der Waals surface area (Å²) >= 11 is 12.4. The smallest absolute Gasteiger partial charge is 0.110 e. The van der Waals surface area contributed by atoms with E-state index in [1.54, 1.807) is 6.07 Å². The molecular weight excluding hydrogens is 437 g/mol. The second kappa shape index (κ2) is 9.82. The second-order valence-electron chi connectivity index (χ2n) is 6.84. The summed E-state index contributed by atoms with van der Waals surface area (Å²) in [4.78, 5) is 7.89. The number of hydrogen-bond donors (Lipinski definition) is 1. The van der Waals surface area contributed by atoms with Crippen molar-refractivity contribution in [2.24, 2.45) is 0 Å². The molecule has 0 fully saturated rings. The van der Waals surface area contributed by atoms with Crippen LogP contribution in [-0.4, -0.2) is 9.97 Å². The standard InChI is InChI=1S/C24H17Cl2N3.ClH/c25-20-9-10-23(26)22(13-20)19-7-5-17(6-8-19)12-24-28-15-21(29-24)11-16-1-3-18(14-27)4-2-16;/h1-10,13,15H,11-12H2,(H,28,29);1H. The molecule has 0 spiro atoms. The first kappa shape index (κ1) is 21.9. The van der Waals surface area contributed by atoms with E-state index in [-0.39, 0.29) is 12.4 Å². The zero-order valence-electron chi connectivity index (χ0n) is 15.9. The maximum absolute atomic E-state index is 8.89. The SMILES string of the molecule is Cl.N#Cc1ccc(Cc2cnc(Cc3ccc(-c4cc(Cl)ccc4Cl)cc3)[nH]2)cc1. The molecule has 0 aliphatic rings. The van der Waals surface area contributed by atoms with Gasteiger partial charge in [0.25, 0.3) is 0 Å². The van der Waals surface area contributed by atoms with E-state index in [2.05, 4.69) is 28.2 Å². The van der Waals surface area contributed by atoms with Crippen LogP contribution < -0.4 is 0 Å². The number of rotatable bonds is 5. The molecule has 1 aromatic heterocycles. The molecule has 0 aliphatic carbocycles. The molecule has 0 radical (unpaired) electrons. The van der Waals surface area contributed by atoms with Crippen LogP contribution in [0.4, 0.5) is 0 Å². The molecule has 0 bridgehead atoms. The van der Waals surface area contributed by atoms with Gasteiger partial charge in [-0.3, -0.25) is 0 Å². The zero-order chi connectivity index (χ0) is 20.2. The van der Waals surface area contributed by atoms with Crippen LogP contribution in [0.5, 0.6) is 0 Å². The molecule has 0 saturated heterocycles. The quantitative estimate of drug-likeness (QED) is 0.358. The van der Waals surface area contributed by atoms with Gasteiger partial charge in [-0.2, -0.15) is 5.26 Å². The molecule has 1 N–H and O–H groups in total. The lowest BCUT2D eigenvalue weighted by molar-refractivity contribution is 1.000. The molecule has 0 unspecified atom stereocenters. The summed E-state index contributed by atoms with van der Waals surface area (Å²) in [6.07, 6.45) is 3.34. The van der Waals surface area contributed by atoms with Crippen molar-refractivity contribution >= 4 is 35.6 Å². The van der Waals surface area contributed by atoms with E-state index in [0.29, 0.717) is 15.6 Å². The number of nitrogens with zero attached hydrogens (tertiary/aromatic N) is 2. The van der Waals surface area contributed by atoms with Gasteiger partial charge in [0.2, 0.25) is 0 Å². The van der Waals surface area contributed by atoms with Crippen molar-refractivity contribution in [1.29, 1.82) is 5.26 Å². The largest absolute Gasteiger partial charge is 0.345 e. The van der Waals surface area contributed by atoms with Crippen LogP contribution in [0.15, 0.2) is 72.9 Å². The summed E-state index contributed by atoms with van der Waals surface area (Å²) in [6.45, 7) is 0. The van der Waals surface area contributed by atoms with Crippen LogP contribution in [0.25, 0.3) is 11.1 Å². The molecule has 4 aromatic rings. The summed E-state index contributed by atoms with van der Waals surface area (Å²) in [7, 11) is 0. The Bertz CT molecular complexity index is 1170. The van der Waals surface area contributed by atoms with Crippen LogP contribution in [0, 0.1) is 11.3 Å². The normalized spacial score (nSPS) is 10.3. The minimum Gasteiger partial charge on any atom is -0.345 e. The highest BCUT2D eigenvalue weighted by molar-refractivity contribution is 6.35. The lowest BCUT2D eigenvalue weighted by Gasteiger charge is -2.06. The van der Waals surface area contributed by atoms with Crippen LogP contribution in [-0.2, 0) is 12.8 Å². The van der Waals surface area contributed by atoms with E-state index >= 15 is 0 Å². The van der Waals surface area contributed by atoms with Gasteiger partial charge < -0.3 is 4.98 Å². The third kappa shape index (κ3) is 5.23. The van der Waals surface area contributed by atoms with Crippen LogP contribution in [0.3, 0.4) is 0 Å². The Morgan fingerprint density at radius 3 is 2.23 bits per heavy atom. The fourth-order valence-corrected chi connectivity index (χ4v) is 3.62. The Morgan fingerprint density at radius 1 is 0.867 bits per heavy atom. The zero-order valence-corrected chi connectivity index (χ0v) is 18.2. The predicted octanol–water partition coefficient (Wildman–Crippen LogP) is 6.86. The minimum absolute atomic E-state index is 0. The number of imidazole rings is 1. The van der Waals surface area contributed by atoms with Crippen molar-refractivity contribution in [2.75, 3.05) is 0 Å². The lowest BCUT2D eigenvalue weighted by atomic mass is 10.0. The van der Waals surface area contributed by atoms with Crippen LogP contribution in [0.1, 0.15) is 28.2 Å². The van der Waals surface area contributed by atoms with Crippen LogP contribution >= 0.6 is 35.6 Å². The van der Waals surface area contributed by atoms with Gasteiger partial charge >= 0.3 is 0 Å². The summed E-state index contributed by atoms with van der Waals surface area (Å²) in [5, 5.41) is 10.2. The van der Waals surface area contributed by atoms with Gasteiger partial charge in [-0.1, -0.05) is 59.6 Å². The molecule has 0 amide bonds. The van der Waals surface area contributed by atoms with Crippen molar-refractivity contribution in [1.82, 2.24) is 9.97 Å². The third-order valence-electron chi connectivity index (χ3n) is 4.72. The first-order valence-electron chi connectivity index (χ1n) is 9.17. The molecule has 6 heteroatoms. The maximum Gasteiger partial charge on any atom is 0.110 e. The lowest BCUT2D eigenvalue weighted by Crippen LogP contribution is -1.93. The van der Waals surface area contributed by atoms with E-state index in [1.807, 2.05) is 54.7 Å². The molecular formula is C24H18Cl3N3. The first-order valence-corrected chi connectivity index (χ1v) is 9.92. The average Bonchev–Trinajstić information content (AvgIpc) is 3.18. The van der Waals surface area contributed by atoms with Gasteiger partial charge in [-0.05, 0) is 47.0 Å². The number of H-pyrrole nitrogens is 1. The predicted molar refractivity (Wildman–Crippen MR) is 125 cm³/mol. The van der Waals surface area contributed by atoms with E-state index in [0.717, 1.165) is 46.6 Å². The Morgan fingerprint density at radius 2 is 1.53 bits per heavy atom. The maximum atomic E-state index is 8.89. The highest BCUT2D eigenvalue weighted by Crippen LogP contribution is 2.30. The summed E-state index contributed by atoms with van der Waals surface area (Å²) in [5.74, 6) is 0.919. The summed E-state index contributed by atoms with van der Waals surface area (Å²) < 4.78 is 0. The van der Waals surface area contributed by atoms with E-state index < -0.39 is 0 Å². The van der Waals surface area contributed by atoms with Crippen molar-refractivity contribution in [3.63, 3.8) is 0 Å². The van der Waals surface area contributed by atoms with Gasteiger partial charge in [0, 0.05) is 40.3 Å². The van der Waals surface area contributed by atoms with Crippen molar-refractivity contribution in [3.8, 4) is 17.2 Å². The monoisotopic (exact) mass is 453 g/mol. The third-order valence-corrected chi connectivity index (χ3v) is 5.29. The van der Waals surface area contributed by atoms with E-state index in [9.17, 15) is 0 Å². The van der Waals surface area contributed by atoms with Gasteiger partial charge in [-0.25, -0.2) is 4.98 Å². The summed E-state index contributed by atoms with van der Waals surface area (Å²) in [5.41, 5.74) is 5.97. The number of benzene rings is 3. The average molecular weight is 455 g/mol. The number of nitriles is 1. The number of aromatic amines is 1. The van der Waals surface area contributed by atoms with Crippen molar-refractivity contribution in [2.45, 2.75) is 12.8 Å². The topological polar surface area (TPSA) is 52.5 Å². The second-order valence-corrected chi connectivity index (χ2v) is 7.68. The minimum atomic E-state index is 0. The Balaban J connectivity index is 0.00000256. The molecule has 3 nitrogen and oxygen atoms in total. The fraction of sp³-hybridized carbons (Fsp3) is 0.0833. The van der Waals surface area contributed by atoms with Crippen LogP contribution in [0.2, 0.25) is 10.0 Å². The first-order chi connectivity index (χ1) is 14.1. The highest BCUT2D eigenvalue weighted by Gasteiger charge is 2.07. The number of nitrogens with one attached hydrogen (secondary N) is 1. The van der Waals surface area contributed by atoms with Gasteiger partial charge in [0.15, 0.2) is 0 Å². The molecule has 30 heavy (non-hydrogen) atoms. The van der Waals surface area contributed by atoms with Crippen molar-refractivity contribution < 1.29 is 0 Å². The number of halogens is 3. The van der Waals surface area contributed by atoms with Gasteiger partial charge in [0.05, 0.1) is 11.6 Å². The van der Waals surface area contributed by atoms with Gasteiger partial charge in [0.1, 0.15) is 5.82 Å². The molecule has 0 aliphatic heterocycles. The van der Waals surface area contributed by atoms with E-state index in [1.165, 1.54) is 0 Å². The fourth-order valence-electron chi connectivity index (χ4n) is 3.22. The molecule has 4 rings (SSSR count). The van der Waals surface area contributed by atoms with Gasteiger partial charge in [-0.15, -0.1) is 12.4 Å². The van der Waals surface area contributed by atoms with Crippen molar-refractivity contribution in [3.05, 3.63) is 111 Å². The summed E-state index contributed by atoms with van der Waals surface area (Å²) in [6, 6.07) is 23.5.